The van der Waals surface area contributed by atoms with E-state index in [1.54, 1.807) is 0 Å². The SMILES string of the molecule is CCCCCCCCCCCC(=O)O[C@@H](COC(=O)CCCCCCCCCCC(C)C)COC(=O)CCCCCCCCC(C)CC. The van der Waals surface area contributed by atoms with Crippen LogP contribution in [0.3, 0.4) is 0 Å². The number of hydrogen-bond donors (Lipinski definition) is 0. The summed E-state index contributed by atoms with van der Waals surface area (Å²) in [6.45, 7) is 11.2. The molecule has 48 heavy (non-hydrogen) atoms. The average molecular weight is 681 g/mol. The van der Waals surface area contributed by atoms with Gasteiger partial charge in [-0.3, -0.25) is 14.4 Å². The van der Waals surface area contributed by atoms with Crippen molar-refractivity contribution >= 4 is 17.9 Å². The van der Waals surface area contributed by atoms with Crippen LogP contribution in [0.15, 0.2) is 0 Å². The van der Waals surface area contributed by atoms with Gasteiger partial charge in [0.05, 0.1) is 0 Å². The van der Waals surface area contributed by atoms with Crippen molar-refractivity contribution in [3.05, 3.63) is 0 Å². The lowest BCUT2D eigenvalue weighted by molar-refractivity contribution is -0.167. The Hall–Kier alpha value is -1.59. The lowest BCUT2D eigenvalue weighted by Crippen LogP contribution is -2.30. The number of hydrogen-bond acceptors (Lipinski definition) is 6. The second-order valence-corrected chi connectivity index (χ2v) is 15.0. The number of rotatable bonds is 36. The van der Waals surface area contributed by atoms with E-state index in [0.29, 0.717) is 19.3 Å². The van der Waals surface area contributed by atoms with Gasteiger partial charge in [0.1, 0.15) is 13.2 Å². The summed E-state index contributed by atoms with van der Waals surface area (Å²) in [5.41, 5.74) is 0. The van der Waals surface area contributed by atoms with Crippen LogP contribution >= 0.6 is 0 Å². The minimum Gasteiger partial charge on any atom is -0.462 e. The van der Waals surface area contributed by atoms with Crippen LogP contribution in [0.4, 0.5) is 0 Å². The lowest BCUT2D eigenvalue weighted by atomic mass is 10.00. The fraction of sp³-hybridized carbons (Fsp3) is 0.929. The van der Waals surface area contributed by atoms with Gasteiger partial charge in [-0.15, -0.1) is 0 Å². The van der Waals surface area contributed by atoms with Gasteiger partial charge in [0.25, 0.3) is 0 Å². The van der Waals surface area contributed by atoms with Gasteiger partial charge in [-0.1, -0.05) is 182 Å². The fourth-order valence-electron chi connectivity index (χ4n) is 6.01. The van der Waals surface area contributed by atoms with Gasteiger partial charge in [0, 0.05) is 19.3 Å². The van der Waals surface area contributed by atoms with Crippen molar-refractivity contribution in [1.82, 2.24) is 0 Å². The van der Waals surface area contributed by atoms with Crippen LogP contribution in [0, 0.1) is 11.8 Å². The van der Waals surface area contributed by atoms with Crippen molar-refractivity contribution in [2.45, 2.75) is 227 Å². The molecule has 0 aliphatic rings. The van der Waals surface area contributed by atoms with E-state index in [0.717, 1.165) is 69.6 Å². The molecule has 0 aliphatic heterocycles. The molecule has 284 valence electrons. The Kier molecular flexibility index (Phi) is 34.1. The van der Waals surface area contributed by atoms with Crippen molar-refractivity contribution in [2.75, 3.05) is 13.2 Å². The largest absolute Gasteiger partial charge is 0.462 e. The van der Waals surface area contributed by atoms with E-state index in [2.05, 4.69) is 34.6 Å². The Labute approximate surface area is 298 Å². The molecule has 0 aliphatic carbocycles. The van der Waals surface area contributed by atoms with Crippen molar-refractivity contribution in [1.29, 1.82) is 0 Å². The van der Waals surface area contributed by atoms with E-state index in [4.69, 9.17) is 14.2 Å². The highest BCUT2D eigenvalue weighted by Crippen LogP contribution is 2.16. The molecule has 0 aromatic heterocycles. The number of carbonyl (C=O) groups excluding carboxylic acids is 3. The molecule has 2 atom stereocenters. The van der Waals surface area contributed by atoms with E-state index in [1.807, 2.05) is 0 Å². The zero-order valence-electron chi connectivity index (χ0n) is 32.6. The minimum atomic E-state index is -0.759. The second-order valence-electron chi connectivity index (χ2n) is 15.0. The molecule has 0 heterocycles. The van der Waals surface area contributed by atoms with E-state index in [9.17, 15) is 14.4 Å². The Morgan fingerprint density at radius 2 is 0.792 bits per heavy atom. The van der Waals surface area contributed by atoms with Crippen LogP contribution in [0.2, 0.25) is 0 Å². The topological polar surface area (TPSA) is 78.9 Å². The Morgan fingerprint density at radius 3 is 1.19 bits per heavy atom. The highest BCUT2D eigenvalue weighted by molar-refractivity contribution is 5.71. The Balaban J connectivity index is 4.36. The first kappa shape index (κ1) is 46.4. The van der Waals surface area contributed by atoms with Crippen molar-refractivity contribution in [2.24, 2.45) is 11.8 Å². The maximum absolute atomic E-state index is 12.6. The summed E-state index contributed by atoms with van der Waals surface area (Å²) < 4.78 is 16.6. The predicted octanol–water partition coefficient (Wildman–Crippen LogP) is 12.6. The molecular formula is C42H80O6. The molecule has 0 saturated carbocycles. The maximum Gasteiger partial charge on any atom is 0.306 e. The molecule has 0 bridgehead atoms. The monoisotopic (exact) mass is 681 g/mol. The zero-order valence-corrected chi connectivity index (χ0v) is 32.6. The first-order valence-electron chi connectivity index (χ1n) is 20.8. The van der Waals surface area contributed by atoms with Crippen LogP contribution in [0.25, 0.3) is 0 Å². The number of esters is 3. The molecule has 0 aromatic carbocycles. The van der Waals surface area contributed by atoms with E-state index < -0.39 is 6.10 Å². The summed E-state index contributed by atoms with van der Waals surface area (Å²) in [4.78, 5) is 37.5. The second kappa shape index (κ2) is 35.2. The number of ether oxygens (including phenoxy) is 3. The third kappa shape index (κ3) is 34.3. The Bertz CT molecular complexity index is 736. The quantitative estimate of drug-likeness (QED) is 0.0372. The van der Waals surface area contributed by atoms with E-state index in [1.165, 1.54) is 109 Å². The van der Waals surface area contributed by atoms with Gasteiger partial charge in [0.2, 0.25) is 0 Å². The molecule has 6 heteroatoms. The van der Waals surface area contributed by atoms with Crippen LogP contribution in [0.1, 0.15) is 221 Å². The van der Waals surface area contributed by atoms with Gasteiger partial charge in [0.15, 0.2) is 6.10 Å². The summed E-state index contributed by atoms with van der Waals surface area (Å²) in [6, 6.07) is 0. The molecule has 6 nitrogen and oxygen atoms in total. The van der Waals surface area contributed by atoms with E-state index >= 15 is 0 Å². The molecule has 1 unspecified atom stereocenters. The molecule has 0 N–H and O–H groups in total. The smallest absolute Gasteiger partial charge is 0.306 e. The summed E-state index contributed by atoms with van der Waals surface area (Å²) >= 11 is 0. The minimum absolute atomic E-state index is 0.0668. The highest BCUT2D eigenvalue weighted by atomic mass is 16.6. The normalized spacial score (nSPS) is 12.6. The van der Waals surface area contributed by atoms with Crippen LogP contribution in [0.5, 0.6) is 0 Å². The molecule has 0 amide bonds. The molecule has 0 rings (SSSR count). The summed E-state index contributed by atoms with van der Waals surface area (Å²) in [7, 11) is 0. The number of unbranched alkanes of at least 4 members (excludes halogenated alkanes) is 20. The van der Waals surface area contributed by atoms with Crippen molar-refractivity contribution < 1.29 is 28.6 Å². The average Bonchev–Trinajstić information content (AvgIpc) is 3.06. The van der Waals surface area contributed by atoms with Gasteiger partial charge < -0.3 is 14.2 Å². The van der Waals surface area contributed by atoms with Crippen molar-refractivity contribution in [3.63, 3.8) is 0 Å². The molecule has 0 radical (unpaired) electrons. The predicted molar refractivity (Wildman–Crippen MR) is 201 cm³/mol. The molecule has 0 fully saturated rings. The lowest BCUT2D eigenvalue weighted by Gasteiger charge is -2.18. The summed E-state index contributed by atoms with van der Waals surface area (Å²) in [6.07, 6.45) is 30.9. The van der Waals surface area contributed by atoms with Gasteiger partial charge in [-0.2, -0.15) is 0 Å². The fourth-order valence-corrected chi connectivity index (χ4v) is 6.01. The summed E-state index contributed by atoms with van der Waals surface area (Å²) in [5, 5.41) is 0. The molecule has 0 saturated heterocycles. The number of carbonyl (C=O) groups is 3. The summed E-state index contributed by atoms with van der Waals surface area (Å²) in [5.74, 6) is 0.741. The highest BCUT2D eigenvalue weighted by Gasteiger charge is 2.19. The van der Waals surface area contributed by atoms with E-state index in [-0.39, 0.29) is 31.1 Å². The zero-order chi connectivity index (χ0) is 35.5. The standard InChI is InChI=1S/C42H80O6/c1-6-8-9-10-11-12-17-24-29-34-42(45)48-39(36-47-41(44)33-28-23-19-18-21-26-31-38(5)7-2)35-46-40(43)32-27-22-16-14-13-15-20-25-30-37(3)4/h37-39H,6-36H2,1-5H3/t38?,39-/m0/s1. The molecular weight excluding hydrogens is 600 g/mol. The molecule has 0 aromatic rings. The maximum atomic E-state index is 12.6. The van der Waals surface area contributed by atoms with Crippen LogP contribution in [-0.2, 0) is 28.6 Å². The van der Waals surface area contributed by atoms with Gasteiger partial charge in [-0.25, -0.2) is 0 Å². The third-order valence-electron chi connectivity index (χ3n) is 9.58. The van der Waals surface area contributed by atoms with Gasteiger partial charge in [-0.05, 0) is 31.1 Å². The first-order chi connectivity index (χ1) is 23.3. The Morgan fingerprint density at radius 1 is 0.438 bits per heavy atom. The first-order valence-corrected chi connectivity index (χ1v) is 20.8. The molecule has 0 spiro atoms. The van der Waals surface area contributed by atoms with Crippen molar-refractivity contribution in [3.8, 4) is 0 Å². The van der Waals surface area contributed by atoms with Crippen LogP contribution in [-0.4, -0.2) is 37.2 Å². The van der Waals surface area contributed by atoms with Crippen LogP contribution < -0.4 is 0 Å². The van der Waals surface area contributed by atoms with Gasteiger partial charge >= 0.3 is 17.9 Å². The third-order valence-corrected chi connectivity index (χ3v) is 9.58.